The highest BCUT2D eigenvalue weighted by molar-refractivity contribution is 6.36. The Hall–Kier alpha value is -0.520. The van der Waals surface area contributed by atoms with Crippen LogP contribution in [0.3, 0.4) is 0 Å². The van der Waals surface area contributed by atoms with E-state index < -0.39 is 6.10 Å². The van der Waals surface area contributed by atoms with Crippen molar-refractivity contribution in [3.05, 3.63) is 33.8 Å². The average Bonchev–Trinajstić information content (AvgIpc) is 3.20. The van der Waals surface area contributed by atoms with Crippen LogP contribution >= 0.6 is 35.6 Å². The third-order valence-electron chi connectivity index (χ3n) is 3.24. The maximum Gasteiger partial charge on any atom is 0.234 e. The van der Waals surface area contributed by atoms with Crippen LogP contribution < -0.4 is 10.6 Å². The molecule has 0 aromatic heterocycles. The molecule has 1 fully saturated rings. The molecule has 1 atom stereocenters. The Balaban J connectivity index is 0.00000220. The highest BCUT2D eigenvalue weighted by Crippen LogP contribution is 2.29. The second-order valence-electron chi connectivity index (χ2n) is 5.03. The molecule has 0 heterocycles. The fourth-order valence-electron chi connectivity index (χ4n) is 1.92. The third kappa shape index (κ3) is 6.01. The van der Waals surface area contributed by atoms with Gasteiger partial charge in [-0.2, -0.15) is 0 Å². The molecule has 0 bridgehead atoms. The molecule has 0 spiro atoms. The van der Waals surface area contributed by atoms with Crippen LogP contribution in [0.25, 0.3) is 0 Å². The standard InChI is InChI=1S/C14H18Cl2N2O2.ClH/c15-10-2-1-3-11(16)14(10)12(19)7-18-13(20)8-17-6-9-4-5-9;/h1-3,9,12,17,19H,4-8H2,(H,18,20);1H. The molecule has 1 unspecified atom stereocenters. The van der Waals surface area contributed by atoms with Gasteiger partial charge in [-0.05, 0) is 37.4 Å². The summed E-state index contributed by atoms with van der Waals surface area (Å²) in [4.78, 5) is 11.6. The molecule has 7 heteroatoms. The van der Waals surface area contributed by atoms with Crippen LogP contribution in [0.2, 0.25) is 10.0 Å². The van der Waals surface area contributed by atoms with Gasteiger partial charge in [0, 0.05) is 22.2 Å². The Morgan fingerprint density at radius 1 is 1.33 bits per heavy atom. The summed E-state index contributed by atoms with van der Waals surface area (Å²) in [6.45, 7) is 1.24. The summed E-state index contributed by atoms with van der Waals surface area (Å²) in [7, 11) is 0. The predicted octanol–water partition coefficient (Wildman–Crippen LogP) is 2.56. The van der Waals surface area contributed by atoms with Crippen molar-refractivity contribution < 1.29 is 9.90 Å². The van der Waals surface area contributed by atoms with Crippen LogP contribution in [-0.4, -0.2) is 30.6 Å². The summed E-state index contributed by atoms with van der Waals surface area (Å²) in [5.41, 5.74) is 0.446. The van der Waals surface area contributed by atoms with Gasteiger partial charge >= 0.3 is 0 Å². The smallest absolute Gasteiger partial charge is 0.234 e. The number of hydrogen-bond donors (Lipinski definition) is 3. The molecule has 1 saturated carbocycles. The molecule has 0 radical (unpaired) electrons. The summed E-state index contributed by atoms with van der Waals surface area (Å²) in [5.74, 6) is 0.586. The maximum absolute atomic E-state index is 11.6. The fourth-order valence-corrected chi connectivity index (χ4v) is 2.57. The minimum absolute atomic E-state index is 0. The van der Waals surface area contributed by atoms with E-state index >= 15 is 0 Å². The van der Waals surface area contributed by atoms with Gasteiger partial charge in [-0.25, -0.2) is 0 Å². The van der Waals surface area contributed by atoms with E-state index in [4.69, 9.17) is 23.2 Å². The number of rotatable bonds is 7. The van der Waals surface area contributed by atoms with Crippen LogP contribution in [0, 0.1) is 5.92 Å². The molecule has 1 aliphatic carbocycles. The lowest BCUT2D eigenvalue weighted by molar-refractivity contribution is -0.120. The minimum Gasteiger partial charge on any atom is -0.386 e. The van der Waals surface area contributed by atoms with Gasteiger partial charge in [0.05, 0.1) is 12.6 Å². The van der Waals surface area contributed by atoms with Crippen LogP contribution in [0.4, 0.5) is 0 Å². The van der Waals surface area contributed by atoms with Gasteiger partial charge < -0.3 is 15.7 Å². The Labute approximate surface area is 140 Å². The molecule has 4 nitrogen and oxygen atoms in total. The van der Waals surface area contributed by atoms with Crippen molar-refractivity contribution in [3.63, 3.8) is 0 Å². The van der Waals surface area contributed by atoms with Crippen LogP contribution in [0.1, 0.15) is 24.5 Å². The Bertz CT molecular complexity index is 461. The number of halogens is 3. The van der Waals surface area contributed by atoms with Crippen molar-refractivity contribution in [1.82, 2.24) is 10.6 Å². The van der Waals surface area contributed by atoms with E-state index in [1.54, 1.807) is 18.2 Å². The van der Waals surface area contributed by atoms with Crippen molar-refractivity contribution in [2.24, 2.45) is 5.92 Å². The van der Waals surface area contributed by atoms with E-state index in [0.717, 1.165) is 12.5 Å². The zero-order chi connectivity index (χ0) is 14.5. The quantitative estimate of drug-likeness (QED) is 0.706. The molecule has 1 amide bonds. The summed E-state index contributed by atoms with van der Waals surface area (Å²) in [6, 6.07) is 5.03. The van der Waals surface area contributed by atoms with E-state index in [9.17, 15) is 9.90 Å². The van der Waals surface area contributed by atoms with E-state index in [0.29, 0.717) is 15.6 Å². The van der Waals surface area contributed by atoms with Gasteiger partial charge in [0.25, 0.3) is 0 Å². The Kier molecular flexibility index (Phi) is 7.77. The first-order valence-corrected chi connectivity index (χ1v) is 7.43. The minimum atomic E-state index is -0.913. The van der Waals surface area contributed by atoms with Gasteiger partial charge in [0.1, 0.15) is 0 Å². The zero-order valence-electron chi connectivity index (χ0n) is 11.4. The average molecular weight is 354 g/mol. The van der Waals surface area contributed by atoms with E-state index in [2.05, 4.69) is 10.6 Å². The van der Waals surface area contributed by atoms with Gasteiger partial charge in [0.15, 0.2) is 0 Å². The molecule has 1 aliphatic rings. The molecule has 21 heavy (non-hydrogen) atoms. The number of carbonyl (C=O) groups excluding carboxylic acids is 1. The molecule has 3 N–H and O–H groups in total. The second-order valence-corrected chi connectivity index (χ2v) is 5.84. The lowest BCUT2D eigenvalue weighted by Gasteiger charge is -2.15. The van der Waals surface area contributed by atoms with Crippen molar-refractivity contribution in [1.29, 1.82) is 0 Å². The van der Waals surface area contributed by atoms with Gasteiger partial charge in [-0.3, -0.25) is 4.79 Å². The fraction of sp³-hybridized carbons (Fsp3) is 0.500. The SMILES string of the molecule is Cl.O=C(CNCC1CC1)NCC(O)c1c(Cl)cccc1Cl. The molecule has 2 rings (SSSR count). The first kappa shape index (κ1) is 18.5. The lowest BCUT2D eigenvalue weighted by Crippen LogP contribution is -2.36. The van der Waals surface area contributed by atoms with E-state index in [-0.39, 0.29) is 31.4 Å². The summed E-state index contributed by atoms with van der Waals surface area (Å²) in [5, 5.41) is 16.6. The van der Waals surface area contributed by atoms with Crippen LogP contribution in [0.15, 0.2) is 18.2 Å². The van der Waals surface area contributed by atoms with E-state index in [1.807, 2.05) is 0 Å². The number of benzene rings is 1. The van der Waals surface area contributed by atoms with Gasteiger partial charge in [0.2, 0.25) is 5.91 Å². The largest absolute Gasteiger partial charge is 0.386 e. The van der Waals surface area contributed by atoms with Crippen molar-refractivity contribution in [3.8, 4) is 0 Å². The molecular formula is C14H19Cl3N2O2. The number of carbonyl (C=O) groups is 1. The number of aliphatic hydroxyl groups is 1. The third-order valence-corrected chi connectivity index (χ3v) is 3.90. The summed E-state index contributed by atoms with van der Waals surface area (Å²) < 4.78 is 0. The lowest BCUT2D eigenvalue weighted by atomic mass is 10.1. The first-order chi connectivity index (χ1) is 9.58. The maximum atomic E-state index is 11.6. The molecular weight excluding hydrogens is 335 g/mol. The van der Waals surface area contributed by atoms with E-state index in [1.165, 1.54) is 12.8 Å². The highest BCUT2D eigenvalue weighted by Gasteiger charge is 2.21. The molecule has 118 valence electrons. The van der Waals surface area contributed by atoms with Crippen LogP contribution in [0.5, 0.6) is 0 Å². The van der Waals surface area contributed by atoms with Crippen molar-refractivity contribution >= 4 is 41.5 Å². The number of hydrogen-bond acceptors (Lipinski definition) is 3. The second kappa shape index (κ2) is 8.81. The number of nitrogens with one attached hydrogen (secondary N) is 2. The monoisotopic (exact) mass is 352 g/mol. The van der Waals surface area contributed by atoms with Crippen LogP contribution in [-0.2, 0) is 4.79 Å². The number of amides is 1. The summed E-state index contributed by atoms with van der Waals surface area (Å²) >= 11 is 12.0. The van der Waals surface area contributed by atoms with Crippen molar-refractivity contribution in [2.45, 2.75) is 18.9 Å². The normalized spacial score (nSPS) is 15.2. The Morgan fingerprint density at radius 3 is 2.52 bits per heavy atom. The Morgan fingerprint density at radius 2 is 1.95 bits per heavy atom. The van der Waals surface area contributed by atoms with Gasteiger partial charge in [-0.1, -0.05) is 29.3 Å². The highest BCUT2D eigenvalue weighted by atomic mass is 35.5. The predicted molar refractivity (Wildman–Crippen MR) is 87.3 cm³/mol. The zero-order valence-corrected chi connectivity index (χ0v) is 13.8. The summed E-state index contributed by atoms with van der Waals surface area (Å²) in [6.07, 6.45) is 1.58. The molecule has 0 saturated heterocycles. The first-order valence-electron chi connectivity index (χ1n) is 6.67. The molecule has 0 aliphatic heterocycles. The molecule has 1 aromatic carbocycles. The molecule has 1 aromatic rings. The van der Waals surface area contributed by atoms with Crippen molar-refractivity contribution in [2.75, 3.05) is 19.6 Å². The number of aliphatic hydroxyl groups excluding tert-OH is 1. The topological polar surface area (TPSA) is 61.4 Å². The van der Waals surface area contributed by atoms with Gasteiger partial charge in [-0.15, -0.1) is 12.4 Å².